The van der Waals surface area contributed by atoms with Crippen molar-refractivity contribution in [2.45, 2.75) is 38.9 Å². The van der Waals surface area contributed by atoms with Gasteiger partial charge in [0.25, 0.3) is 0 Å². The number of nitrogens with one attached hydrogen (secondary N) is 1. The highest BCUT2D eigenvalue weighted by Crippen LogP contribution is 2.38. The number of hydrogen-bond acceptors (Lipinski definition) is 6. The van der Waals surface area contributed by atoms with Crippen molar-refractivity contribution in [2.75, 3.05) is 25.0 Å². The second kappa shape index (κ2) is 8.25. The van der Waals surface area contributed by atoms with Crippen LogP contribution in [0, 0.1) is 18.3 Å². The lowest BCUT2D eigenvalue weighted by Crippen LogP contribution is -2.42. The molecule has 1 aromatic carbocycles. The molecule has 1 aromatic heterocycles. The third-order valence-corrected chi connectivity index (χ3v) is 5.11. The van der Waals surface area contributed by atoms with E-state index in [1.54, 1.807) is 0 Å². The number of rotatable bonds is 4. The molecule has 1 fully saturated rings. The van der Waals surface area contributed by atoms with Crippen LogP contribution in [-0.2, 0) is 6.18 Å². The van der Waals surface area contributed by atoms with Gasteiger partial charge in [0.15, 0.2) is 5.82 Å². The number of benzene rings is 1. The number of hydrogen-bond donors (Lipinski definition) is 2. The van der Waals surface area contributed by atoms with Gasteiger partial charge in [0.05, 0.1) is 16.8 Å². The minimum absolute atomic E-state index is 0.128. The molecule has 2 N–H and O–H groups in total. The fraction of sp³-hybridized carbons (Fsp3) is 0.450. The number of halogens is 3. The molecule has 0 radical (unpaired) electrons. The molecule has 0 spiro atoms. The van der Waals surface area contributed by atoms with Crippen LogP contribution in [0.25, 0.3) is 11.3 Å². The Bertz CT molecular complexity index is 916. The molecular formula is C20H22F3N5O. The Morgan fingerprint density at radius 1 is 1.31 bits per heavy atom. The van der Waals surface area contributed by atoms with E-state index in [9.17, 15) is 23.5 Å². The average molecular weight is 405 g/mol. The molecule has 1 aliphatic rings. The second-order valence-corrected chi connectivity index (χ2v) is 7.17. The third-order valence-electron chi connectivity index (χ3n) is 5.11. The summed E-state index contributed by atoms with van der Waals surface area (Å²) in [5, 5.41) is 31.1. The summed E-state index contributed by atoms with van der Waals surface area (Å²) in [4.78, 5) is 2.30. The summed E-state index contributed by atoms with van der Waals surface area (Å²) >= 11 is 0. The highest BCUT2D eigenvalue weighted by Gasteiger charge is 2.32. The summed E-state index contributed by atoms with van der Waals surface area (Å²) in [5.41, 5.74) is -0.247. The zero-order valence-electron chi connectivity index (χ0n) is 16.2. The molecule has 6 nitrogen and oxygen atoms in total. The van der Waals surface area contributed by atoms with Crippen molar-refractivity contribution in [3.8, 4) is 23.1 Å². The Labute approximate surface area is 167 Å². The molecular weight excluding hydrogens is 383 g/mol. The van der Waals surface area contributed by atoms with Gasteiger partial charge in [-0.3, -0.25) is 0 Å². The summed E-state index contributed by atoms with van der Waals surface area (Å²) in [6, 6.07) is 5.22. The van der Waals surface area contributed by atoms with E-state index < -0.39 is 17.5 Å². The van der Waals surface area contributed by atoms with Crippen LogP contribution in [0.4, 0.5) is 19.0 Å². The number of piperidine rings is 1. The van der Waals surface area contributed by atoms with Crippen molar-refractivity contribution in [1.29, 1.82) is 5.26 Å². The van der Waals surface area contributed by atoms with Crippen molar-refractivity contribution in [3.05, 3.63) is 34.9 Å². The topological polar surface area (TPSA) is 85.1 Å². The van der Waals surface area contributed by atoms with Crippen molar-refractivity contribution < 1.29 is 18.3 Å². The van der Waals surface area contributed by atoms with Crippen LogP contribution in [-0.4, -0.2) is 45.9 Å². The minimum Gasteiger partial charge on any atom is -0.507 e. The van der Waals surface area contributed by atoms with Crippen LogP contribution >= 0.6 is 0 Å². The van der Waals surface area contributed by atoms with Gasteiger partial charge < -0.3 is 15.3 Å². The summed E-state index contributed by atoms with van der Waals surface area (Å²) in [6.07, 6.45) is -2.58. The number of likely N-dealkylation sites (tertiary alicyclic amines) is 1. The fourth-order valence-corrected chi connectivity index (χ4v) is 3.63. The second-order valence-electron chi connectivity index (χ2n) is 7.17. The number of likely N-dealkylation sites (N-methyl/N-ethyl adjacent to an activating group) is 1. The third kappa shape index (κ3) is 4.59. The van der Waals surface area contributed by atoms with Gasteiger partial charge in [-0.1, -0.05) is 6.92 Å². The van der Waals surface area contributed by atoms with Crippen molar-refractivity contribution >= 4 is 5.82 Å². The van der Waals surface area contributed by atoms with Crippen LogP contribution in [0.2, 0.25) is 0 Å². The molecule has 9 heteroatoms. The van der Waals surface area contributed by atoms with Gasteiger partial charge in [-0.05, 0) is 56.6 Å². The fourth-order valence-electron chi connectivity index (χ4n) is 3.63. The van der Waals surface area contributed by atoms with E-state index in [4.69, 9.17) is 0 Å². The maximum absolute atomic E-state index is 12.9. The molecule has 29 heavy (non-hydrogen) atoms. The molecule has 2 aromatic rings. The molecule has 154 valence electrons. The van der Waals surface area contributed by atoms with Crippen molar-refractivity contribution in [1.82, 2.24) is 15.1 Å². The first kappa shape index (κ1) is 20.9. The predicted octanol–water partition coefficient (Wildman–Crippen LogP) is 3.94. The van der Waals surface area contributed by atoms with Crippen LogP contribution < -0.4 is 5.32 Å². The Balaban J connectivity index is 1.91. The lowest BCUT2D eigenvalue weighted by molar-refractivity contribution is -0.137. The molecule has 0 aliphatic carbocycles. The zero-order chi connectivity index (χ0) is 21.2. The summed E-state index contributed by atoms with van der Waals surface area (Å²) < 4.78 is 38.8. The number of alkyl halides is 3. The van der Waals surface area contributed by atoms with E-state index in [1.807, 2.05) is 0 Å². The Morgan fingerprint density at radius 3 is 2.69 bits per heavy atom. The molecule has 1 saturated heterocycles. The van der Waals surface area contributed by atoms with E-state index in [0.717, 1.165) is 38.5 Å². The van der Waals surface area contributed by atoms with Gasteiger partial charge in [-0.25, -0.2) is 0 Å². The zero-order valence-corrected chi connectivity index (χ0v) is 16.2. The molecule has 0 saturated carbocycles. The highest BCUT2D eigenvalue weighted by molar-refractivity contribution is 5.73. The SMILES string of the molecule is CCN1CCC[C@H](Nc2nnc(-c3c(C)cc(C(F)(F)F)cc3O)cc2C#N)C1. The maximum atomic E-state index is 12.9. The largest absolute Gasteiger partial charge is 0.507 e. The van der Waals surface area contributed by atoms with Gasteiger partial charge in [-0.15, -0.1) is 10.2 Å². The van der Waals surface area contributed by atoms with Gasteiger partial charge in [0.1, 0.15) is 11.8 Å². The number of aromatic nitrogens is 2. The van der Waals surface area contributed by atoms with Crippen LogP contribution in [0.1, 0.15) is 36.5 Å². The Kier molecular flexibility index (Phi) is 5.94. The van der Waals surface area contributed by atoms with Crippen molar-refractivity contribution in [2.24, 2.45) is 0 Å². The van der Waals surface area contributed by atoms with Gasteiger partial charge in [0, 0.05) is 18.2 Å². The highest BCUT2D eigenvalue weighted by atomic mass is 19.4. The minimum atomic E-state index is -4.57. The van der Waals surface area contributed by atoms with E-state index in [0.29, 0.717) is 11.9 Å². The first-order valence-electron chi connectivity index (χ1n) is 9.40. The molecule has 0 amide bonds. The van der Waals surface area contributed by atoms with Gasteiger partial charge in [-0.2, -0.15) is 18.4 Å². The van der Waals surface area contributed by atoms with Crippen molar-refractivity contribution in [3.63, 3.8) is 0 Å². The number of nitrogens with zero attached hydrogens (tertiary/aromatic N) is 4. The predicted molar refractivity (Wildman–Crippen MR) is 102 cm³/mol. The normalized spacial score (nSPS) is 17.7. The van der Waals surface area contributed by atoms with Crippen LogP contribution in [0.15, 0.2) is 18.2 Å². The van der Waals surface area contributed by atoms with Crippen LogP contribution in [0.3, 0.4) is 0 Å². The summed E-state index contributed by atoms with van der Waals surface area (Å²) in [7, 11) is 0. The van der Waals surface area contributed by atoms with E-state index >= 15 is 0 Å². The lowest BCUT2D eigenvalue weighted by atomic mass is 9.99. The number of aromatic hydroxyl groups is 1. The first-order chi connectivity index (χ1) is 13.7. The van der Waals surface area contributed by atoms with E-state index in [-0.39, 0.29) is 28.4 Å². The number of phenols is 1. The van der Waals surface area contributed by atoms with E-state index in [2.05, 4.69) is 33.4 Å². The molecule has 3 rings (SSSR count). The summed E-state index contributed by atoms with van der Waals surface area (Å²) in [5.74, 6) is -0.217. The smallest absolute Gasteiger partial charge is 0.416 e. The summed E-state index contributed by atoms with van der Waals surface area (Å²) in [6.45, 7) is 6.36. The standard InChI is InChI=1S/C20H22F3N5O/c1-3-28-6-4-5-15(11-28)25-19-13(10-24)8-16(26-27-19)18-12(2)7-14(9-17(18)29)20(21,22)23/h7-9,15,29H,3-6,11H2,1-2H3,(H,25,27)/t15-/m0/s1. The monoisotopic (exact) mass is 405 g/mol. The number of nitriles is 1. The molecule has 0 unspecified atom stereocenters. The molecule has 1 aliphatic heterocycles. The quantitative estimate of drug-likeness (QED) is 0.801. The number of anilines is 1. The number of phenolic OH excluding ortho intramolecular Hbond substituents is 1. The average Bonchev–Trinajstić information content (AvgIpc) is 2.67. The Morgan fingerprint density at radius 2 is 2.07 bits per heavy atom. The molecule has 1 atom stereocenters. The Hall–Kier alpha value is -2.86. The van der Waals surface area contributed by atoms with Gasteiger partial charge in [0.2, 0.25) is 0 Å². The molecule has 0 bridgehead atoms. The lowest BCUT2D eigenvalue weighted by Gasteiger charge is -2.32. The molecule has 2 heterocycles. The van der Waals surface area contributed by atoms with Gasteiger partial charge >= 0.3 is 6.18 Å². The first-order valence-corrected chi connectivity index (χ1v) is 9.40. The number of aryl methyl sites for hydroxylation is 1. The van der Waals surface area contributed by atoms with Crippen LogP contribution in [0.5, 0.6) is 5.75 Å². The maximum Gasteiger partial charge on any atom is 0.416 e. The van der Waals surface area contributed by atoms with E-state index in [1.165, 1.54) is 13.0 Å².